The zero-order valence-electron chi connectivity index (χ0n) is 9.54. The van der Waals surface area contributed by atoms with Gasteiger partial charge in [0.1, 0.15) is 0 Å². The van der Waals surface area contributed by atoms with E-state index in [1.807, 2.05) is 26.4 Å². The molecular formula is C9H20N2O4. The number of carbonyl (C=O) groups is 1. The zero-order valence-corrected chi connectivity index (χ0v) is 9.54. The van der Waals surface area contributed by atoms with Gasteiger partial charge in [-0.2, -0.15) is 0 Å². The molecule has 0 unspecified atom stereocenters. The molecule has 0 aromatic carbocycles. The minimum atomic E-state index is -0.450. The first-order chi connectivity index (χ1) is 6.95. The minimum absolute atomic E-state index is 0.161. The van der Waals surface area contributed by atoms with Crippen molar-refractivity contribution in [3.63, 3.8) is 0 Å². The average molecular weight is 220 g/mol. The molecule has 90 valence electrons. The molecule has 0 aliphatic rings. The average Bonchev–Trinajstić information content (AvgIpc) is 2.09. The SMILES string of the molecule is CC(C)(C)OCCOCCC(=O)ONN. The van der Waals surface area contributed by atoms with Gasteiger partial charge >= 0.3 is 5.97 Å². The summed E-state index contributed by atoms with van der Waals surface area (Å²) in [6, 6.07) is 0. The van der Waals surface area contributed by atoms with Gasteiger partial charge in [0, 0.05) is 0 Å². The van der Waals surface area contributed by atoms with Crippen molar-refractivity contribution in [2.75, 3.05) is 19.8 Å². The molecule has 0 aromatic heterocycles. The van der Waals surface area contributed by atoms with Crippen molar-refractivity contribution in [1.29, 1.82) is 0 Å². The van der Waals surface area contributed by atoms with E-state index in [1.165, 1.54) is 0 Å². The number of ether oxygens (including phenoxy) is 2. The topological polar surface area (TPSA) is 82.8 Å². The van der Waals surface area contributed by atoms with Crippen LogP contribution in [0.2, 0.25) is 0 Å². The van der Waals surface area contributed by atoms with Crippen LogP contribution in [0.4, 0.5) is 0 Å². The number of rotatable bonds is 7. The monoisotopic (exact) mass is 220 g/mol. The first-order valence-corrected chi connectivity index (χ1v) is 4.82. The maximum atomic E-state index is 10.8. The van der Waals surface area contributed by atoms with Gasteiger partial charge in [0.15, 0.2) is 0 Å². The Kier molecular flexibility index (Phi) is 7.23. The Morgan fingerprint density at radius 3 is 2.47 bits per heavy atom. The van der Waals surface area contributed by atoms with Crippen LogP contribution in [0.1, 0.15) is 27.2 Å². The highest BCUT2D eigenvalue weighted by Gasteiger charge is 2.09. The molecule has 0 heterocycles. The molecule has 0 saturated carbocycles. The number of carbonyl (C=O) groups excluding carboxylic acids is 1. The summed E-state index contributed by atoms with van der Waals surface area (Å²) in [6.07, 6.45) is 0.166. The highest BCUT2D eigenvalue weighted by molar-refractivity contribution is 5.69. The molecule has 3 N–H and O–H groups in total. The summed E-state index contributed by atoms with van der Waals surface area (Å²) in [5.41, 5.74) is 1.65. The molecule has 0 saturated heterocycles. The van der Waals surface area contributed by atoms with Crippen molar-refractivity contribution in [2.45, 2.75) is 32.8 Å². The maximum Gasteiger partial charge on any atom is 0.328 e. The molecule has 0 bridgehead atoms. The van der Waals surface area contributed by atoms with E-state index in [0.29, 0.717) is 19.8 Å². The van der Waals surface area contributed by atoms with E-state index in [0.717, 1.165) is 0 Å². The van der Waals surface area contributed by atoms with Crippen molar-refractivity contribution < 1.29 is 19.1 Å². The lowest BCUT2D eigenvalue weighted by atomic mass is 10.2. The summed E-state index contributed by atoms with van der Waals surface area (Å²) < 4.78 is 10.6. The smallest absolute Gasteiger partial charge is 0.328 e. The van der Waals surface area contributed by atoms with E-state index in [2.05, 4.69) is 4.84 Å². The van der Waals surface area contributed by atoms with Gasteiger partial charge in [-0.3, -0.25) is 4.79 Å². The van der Waals surface area contributed by atoms with E-state index >= 15 is 0 Å². The molecule has 0 fully saturated rings. The lowest BCUT2D eigenvalue weighted by Gasteiger charge is -2.19. The molecule has 6 heteroatoms. The largest absolute Gasteiger partial charge is 0.378 e. The Hall–Kier alpha value is -0.690. The summed E-state index contributed by atoms with van der Waals surface area (Å²) in [7, 11) is 0. The molecule has 0 radical (unpaired) electrons. The van der Waals surface area contributed by atoms with Gasteiger partial charge in [-0.05, 0) is 20.8 Å². The third kappa shape index (κ3) is 11.2. The second-order valence-electron chi connectivity index (χ2n) is 3.92. The Morgan fingerprint density at radius 2 is 1.93 bits per heavy atom. The third-order valence-corrected chi connectivity index (χ3v) is 1.39. The molecule has 0 aliphatic heterocycles. The molecule has 6 nitrogen and oxygen atoms in total. The number of hydrogen-bond donors (Lipinski definition) is 2. The van der Waals surface area contributed by atoms with Crippen molar-refractivity contribution in [2.24, 2.45) is 5.84 Å². The Bertz CT molecular complexity index is 179. The highest BCUT2D eigenvalue weighted by atomic mass is 16.7. The van der Waals surface area contributed by atoms with Crippen LogP contribution in [-0.2, 0) is 19.1 Å². The predicted octanol–water partition coefficient (Wildman–Crippen LogP) is 0.130. The zero-order chi connectivity index (χ0) is 11.7. The molecule has 0 rings (SSSR count). The third-order valence-electron chi connectivity index (χ3n) is 1.39. The van der Waals surface area contributed by atoms with E-state index in [1.54, 1.807) is 0 Å². The fourth-order valence-corrected chi connectivity index (χ4v) is 0.781. The predicted molar refractivity (Wildman–Crippen MR) is 54.6 cm³/mol. The van der Waals surface area contributed by atoms with E-state index in [4.69, 9.17) is 15.3 Å². The van der Waals surface area contributed by atoms with Gasteiger partial charge in [0.05, 0.1) is 31.8 Å². The van der Waals surface area contributed by atoms with Crippen LogP contribution in [0.5, 0.6) is 0 Å². The molecule has 15 heavy (non-hydrogen) atoms. The van der Waals surface area contributed by atoms with Gasteiger partial charge < -0.3 is 14.3 Å². The van der Waals surface area contributed by atoms with Gasteiger partial charge in [0.2, 0.25) is 0 Å². The Morgan fingerprint density at radius 1 is 1.27 bits per heavy atom. The first kappa shape index (κ1) is 14.3. The molecule has 0 aliphatic carbocycles. The quantitative estimate of drug-likeness (QED) is 0.360. The minimum Gasteiger partial charge on any atom is -0.378 e. The standard InChI is InChI=1S/C9H20N2O4/c1-9(2,3)14-7-6-13-5-4-8(12)15-11-10/h11H,4-7,10H2,1-3H3. The summed E-state index contributed by atoms with van der Waals surface area (Å²) in [5.74, 6) is 4.33. The highest BCUT2D eigenvalue weighted by Crippen LogP contribution is 2.05. The summed E-state index contributed by atoms with van der Waals surface area (Å²) in [5, 5.41) is 0. The summed E-state index contributed by atoms with van der Waals surface area (Å²) >= 11 is 0. The van der Waals surface area contributed by atoms with Crippen LogP contribution >= 0.6 is 0 Å². The van der Waals surface area contributed by atoms with Crippen molar-refractivity contribution >= 4 is 5.97 Å². The molecule has 0 spiro atoms. The molecule has 0 aromatic rings. The second kappa shape index (κ2) is 7.58. The fraction of sp³-hybridized carbons (Fsp3) is 0.889. The van der Waals surface area contributed by atoms with Gasteiger partial charge in [-0.1, -0.05) is 5.59 Å². The fourth-order valence-electron chi connectivity index (χ4n) is 0.781. The Balaban J connectivity index is 3.22. The summed E-state index contributed by atoms with van der Waals surface area (Å²) in [6.45, 7) is 7.17. The van der Waals surface area contributed by atoms with Gasteiger partial charge in [0.25, 0.3) is 0 Å². The van der Waals surface area contributed by atoms with Crippen LogP contribution in [0.3, 0.4) is 0 Å². The van der Waals surface area contributed by atoms with Crippen molar-refractivity contribution in [1.82, 2.24) is 5.59 Å². The van der Waals surface area contributed by atoms with Gasteiger partial charge in [-0.25, -0.2) is 5.84 Å². The molecule has 0 atom stereocenters. The van der Waals surface area contributed by atoms with E-state index in [-0.39, 0.29) is 12.0 Å². The number of hydrazine groups is 1. The number of nitrogens with two attached hydrogens (primary N) is 1. The van der Waals surface area contributed by atoms with Crippen LogP contribution in [-0.4, -0.2) is 31.4 Å². The number of nitrogens with one attached hydrogen (secondary N) is 1. The van der Waals surface area contributed by atoms with Crippen LogP contribution in [0.15, 0.2) is 0 Å². The van der Waals surface area contributed by atoms with Crippen LogP contribution < -0.4 is 11.4 Å². The van der Waals surface area contributed by atoms with E-state index < -0.39 is 5.97 Å². The van der Waals surface area contributed by atoms with Gasteiger partial charge in [-0.15, -0.1) is 0 Å². The summed E-state index contributed by atoms with van der Waals surface area (Å²) in [4.78, 5) is 15.0. The number of hydrogen-bond acceptors (Lipinski definition) is 6. The Labute approximate surface area is 90.0 Å². The molecular weight excluding hydrogens is 200 g/mol. The molecule has 0 amide bonds. The normalized spacial score (nSPS) is 11.5. The van der Waals surface area contributed by atoms with Crippen LogP contribution in [0, 0.1) is 0 Å². The van der Waals surface area contributed by atoms with E-state index in [9.17, 15) is 4.79 Å². The van der Waals surface area contributed by atoms with Crippen molar-refractivity contribution in [3.05, 3.63) is 0 Å². The lowest BCUT2D eigenvalue weighted by molar-refractivity contribution is -0.152. The van der Waals surface area contributed by atoms with Crippen LogP contribution in [0.25, 0.3) is 0 Å². The maximum absolute atomic E-state index is 10.8. The first-order valence-electron chi connectivity index (χ1n) is 4.82. The lowest BCUT2D eigenvalue weighted by Crippen LogP contribution is -2.27. The van der Waals surface area contributed by atoms with Crippen molar-refractivity contribution in [3.8, 4) is 0 Å². The second-order valence-corrected chi connectivity index (χ2v) is 3.92.